The van der Waals surface area contributed by atoms with E-state index in [9.17, 15) is 8.42 Å². The Balaban J connectivity index is 2.03. The third kappa shape index (κ3) is 2.53. The standard InChI is InChI=1S/C11H18N2O3S/c1-9-3-4-10(16-9)17(14,15)13-8-11(7-12)5-2-6-11/h3-4,13H,2,5-8,12H2,1H3. The predicted molar refractivity (Wildman–Crippen MR) is 64.0 cm³/mol. The van der Waals surface area contributed by atoms with Gasteiger partial charge in [0.2, 0.25) is 5.09 Å². The summed E-state index contributed by atoms with van der Waals surface area (Å²) >= 11 is 0. The molecule has 1 aliphatic carbocycles. The van der Waals surface area contributed by atoms with Gasteiger partial charge in [-0.1, -0.05) is 6.42 Å². The molecule has 5 nitrogen and oxygen atoms in total. The Labute approximate surface area is 101 Å². The number of nitrogens with one attached hydrogen (secondary N) is 1. The first-order valence-corrected chi connectivity index (χ1v) is 7.22. The Morgan fingerprint density at radius 3 is 2.59 bits per heavy atom. The molecular formula is C11H18N2O3S. The van der Waals surface area contributed by atoms with Crippen LogP contribution in [0.5, 0.6) is 0 Å². The lowest BCUT2D eigenvalue weighted by Gasteiger charge is -2.40. The van der Waals surface area contributed by atoms with Crippen LogP contribution in [0.4, 0.5) is 0 Å². The molecule has 0 bridgehead atoms. The molecule has 2 rings (SSSR count). The van der Waals surface area contributed by atoms with E-state index in [0.29, 0.717) is 18.8 Å². The molecule has 0 amide bonds. The lowest BCUT2D eigenvalue weighted by molar-refractivity contribution is 0.150. The zero-order chi connectivity index (χ0) is 12.5. The van der Waals surface area contributed by atoms with Crippen molar-refractivity contribution in [3.8, 4) is 0 Å². The van der Waals surface area contributed by atoms with Gasteiger partial charge in [-0.05, 0) is 43.9 Å². The van der Waals surface area contributed by atoms with Gasteiger partial charge in [-0.25, -0.2) is 13.1 Å². The van der Waals surface area contributed by atoms with E-state index < -0.39 is 10.0 Å². The van der Waals surface area contributed by atoms with E-state index in [1.807, 2.05) is 0 Å². The molecule has 1 fully saturated rings. The van der Waals surface area contributed by atoms with Gasteiger partial charge < -0.3 is 10.2 Å². The van der Waals surface area contributed by atoms with Crippen LogP contribution in [0.2, 0.25) is 0 Å². The van der Waals surface area contributed by atoms with Gasteiger partial charge in [-0.15, -0.1) is 0 Å². The SMILES string of the molecule is Cc1ccc(S(=O)(=O)NCC2(CN)CCC2)o1. The van der Waals surface area contributed by atoms with Crippen molar-refractivity contribution in [3.63, 3.8) is 0 Å². The first kappa shape index (κ1) is 12.6. The number of aryl methyl sites for hydroxylation is 1. The number of nitrogens with two attached hydrogens (primary N) is 1. The average molecular weight is 258 g/mol. The summed E-state index contributed by atoms with van der Waals surface area (Å²) in [6.45, 7) is 2.63. The van der Waals surface area contributed by atoms with Gasteiger partial charge in [0, 0.05) is 6.54 Å². The number of hydrogen-bond acceptors (Lipinski definition) is 4. The van der Waals surface area contributed by atoms with Crippen molar-refractivity contribution in [2.45, 2.75) is 31.3 Å². The molecule has 6 heteroatoms. The summed E-state index contributed by atoms with van der Waals surface area (Å²) in [5.41, 5.74) is 5.64. The molecule has 3 N–H and O–H groups in total. The fourth-order valence-corrected chi connectivity index (χ4v) is 3.13. The zero-order valence-electron chi connectivity index (χ0n) is 9.90. The highest BCUT2D eigenvalue weighted by Gasteiger charge is 2.36. The fraction of sp³-hybridized carbons (Fsp3) is 0.636. The van der Waals surface area contributed by atoms with Crippen LogP contribution >= 0.6 is 0 Å². The second kappa shape index (κ2) is 4.44. The number of sulfonamides is 1. The molecule has 1 aromatic rings. The maximum absolute atomic E-state index is 11.9. The zero-order valence-corrected chi connectivity index (χ0v) is 10.7. The Kier molecular flexibility index (Phi) is 3.29. The molecule has 1 aliphatic rings. The van der Waals surface area contributed by atoms with E-state index in [-0.39, 0.29) is 10.5 Å². The van der Waals surface area contributed by atoms with Crippen LogP contribution in [0, 0.1) is 12.3 Å². The smallest absolute Gasteiger partial charge is 0.273 e. The van der Waals surface area contributed by atoms with Crippen LogP contribution in [0.15, 0.2) is 21.6 Å². The Hall–Kier alpha value is -0.850. The maximum Gasteiger partial charge on any atom is 0.273 e. The van der Waals surface area contributed by atoms with Gasteiger partial charge in [-0.2, -0.15) is 0 Å². The molecule has 1 saturated carbocycles. The Morgan fingerprint density at radius 1 is 1.47 bits per heavy atom. The van der Waals surface area contributed by atoms with Crippen LogP contribution < -0.4 is 10.5 Å². The van der Waals surface area contributed by atoms with Crippen molar-refractivity contribution in [2.24, 2.45) is 11.1 Å². The normalized spacial score (nSPS) is 18.9. The third-order valence-corrected chi connectivity index (χ3v) is 4.74. The van der Waals surface area contributed by atoms with Crippen molar-refractivity contribution >= 4 is 10.0 Å². The number of hydrogen-bond donors (Lipinski definition) is 2. The van der Waals surface area contributed by atoms with Gasteiger partial charge in [0.05, 0.1) is 0 Å². The van der Waals surface area contributed by atoms with Gasteiger partial charge in [0.15, 0.2) is 0 Å². The van der Waals surface area contributed by atoms with E-state index in [2.05, 4.69) is 4.72 Å². The monoisotopic (exact) mass is 258 g/mol. The van der Waals surface area contributed by atoms with E-state index in [1.54, 1.807) is 13.0 Å². The summed E-state index contributed by atoms with van der Waals surface area (Å²) in [6.07, 6.45) is 3.10. The lowest BCUT2D eigenvalue weighted by atomic mass is 9.69. The molecule has 1 heterocycles. The summed E-state index contributed by atoms with van der Waals surface area (Å²) < 4.78 is 31.5. The largest absolute Gasteiger partial charge is 0.449 e. The van der Waals surface area contributed by atoms with Crippen LogP contribution in [-0.2, 0) is 10.0 Å². The average Bonchev–Trinajstić information content (AvgIpc) is 2.64. The van der Waals surface area contributed by atoms with E-state index >= 15 is 0 Å². The topological polar surface area (TPSA) is 85.3 Å². The van der Waals surface area contributed by atoms with Crippen molar-refractivity contribution < 1.29 is 12.8 Å². The highest BCUT2D eigenvalue weighted by Crippen LogP contribution is 2.39. The fourth-order valence-electron chi connectivity index (χ4n) is 2.01. The van der Waals surface area contributed by atoms with Crippen LogP contribution in [0.1, 0.15) is 25.0 Å². The van der Waals surface area contributed by atoms with Crippen LogP contribution in [0.25, 0.3) is 0 Å². The molecule has 0 saturated heterocycles. The molecule has 0 aromatic carbocycles. The molecule has 0 radical (unpaired) electrons. The van der Waals surface area contributed by atoms with Crippen molar-refractivity contribution in [1.82, 2.24) is 4.72 Å². The van der Waals surface area contributed by atoms with Gasteiger partial charge in [0.1, 0.15) is 5.76 Å². The van der Waals surface area contributed by atoms with E-state index in [0.717, 1.165) is 19.3 Å². The van der Waals surface area contributed by atoms with Crippen molar-refractivity contribution in [1.29, 1.82) is 0 Å². The molecule has 0 aliphatic heterocycles. The van der Waals surface area contributed by atoms with E-state index in [4.69, 9.17) is 10.2 Å². The quantitative estimate of drug-likeness (QED) is 0.825. The summed E-state index contributed by atoms with van der Waals surface area (Å²) in [7, 11) is -3.53. The van der Waals surface area contributed by atoms with Gasteiger partial charge in [-0.3, -0.25) is 0 Å². The van der Waals surface area contributed by atoms with Gasteiger partial charge >= 0.3 is 0 Å². The molecule has 1 aromatic heterocycles. The summed E-state index contributed by atoms with van der Waals surface area (Å²) in [5.74, 6) is 0.586. The third-order valence-electron chi connectivity index (χ3n) is 3.46. The first-order valence-electron chi connectivity index (χ1n) is 5.74. The number of furan rings is 1. The molecule has 96 valence electrons. The Bertz CT molecular complexity index is 483. The Morgan fingerprint density at radius 2 is 2.18 bits per heavy atom. The lowest BCUT2D eigenvalue weighted by Crippen LogP contribution is -2.46. The minimum Gasteiger partial charge on any atom is -0.449 e. The minimum atomic E-state index is -3.53. The summed E-state index contributed by atoms with van der Waals surface area (Å²) in [5, 5.41) is -0.0264. The molecule has 0 atom stereocenters. The van der Waals surface area contributed by atoms with Crippen LogP contribution in [0.3, 0.4) is 0 Å². The second-order valence-corrected chi connectivity index (χ2v) is 6.45. The maximum atomic E-state index is 11.9. The van der Waals surface area contributed by atoms with E-state index in [1.165, 1.54) is 6.07 Å². The molecule has 0 unspecified atom stereocenters. The predicted octanol–water partition coefficient (Wildman–Crippen LogP) is 0.995. The number of rotatable bonds is 5. The highest BCUT2D eigenvalue weighted by atomic mass is 32.2. The second-order valence-electron chi connectivity index (χ2n) is 4.75. The first-order chi connectivity index (χ1) is 7.97. The van der Waals surface area contributed by atoms with Gasteiger partial charge in [0.25, 0.3) is 10.0 Å². The summed E-state index contributed by atoms with van der Waals surface area (Å²) in [6, 6.07) is 3.10. The molecular weight excluding hydrogens is 240 g/mol. The van der Waals surface area contributed by atoms with Crippen LogP contribution in [-0.4, -0.2) is 21.5 Å². The summed E-state index contributed by atoms with van der Waals surface area (Å²) in [4.78, 5) is 0. The highest BCUT2D eigenvalue weighted by molar-refractivity contribution is 7.89. The van der Waals surface area contributed by atoms with Crippen molar-refractivity contribution in [2.75, 3.05) is 13.1 Å². The molecule has 0 spiro atoms. The minimum absolute atomic E-state index is 0.0264. The van der Waals surface area contributed by atoms with Crippen molar-refractivity contribution in [3.05, 3.63) is 17.9 Å². The molecule has 17 heavy (non-hydrogen) atoms.